The summed E-state index contributed by atoms with van der Waals surface area (Å²) in [7, 11) is 0. The Balaban J connectivity index is 0.000000107. The zero-order valence-electron chi connectivity index (χ0n) is 53.1. The molecule has 18 aromatic rings. The van der Waals surface area contributed by atoms with Gasteiger partial charge < -0.3 is 18.6 Å². The van der Waals surface area contributed by atoms with E-state index < -0.39 is 0 Å². The second-order valence-corrected chi connectivity index (χ2v) is 27.4. The van der Waals surface area contributed by atoms with E-state index in [1.165, 1.54) is 116 Å². The van der Waals surface area contributed by atoms with Crippen LogP contribution in [-0.4, -0.2) is 13.7 Å². The Kier molecular flexibility index (Phi) is 18.8. The van der Waals surface area contributed by atoms with E-state index in [0.29, 0.717) is 0 Å². The molecule has 0 saturated carbocycles. The van der Waals surface area contributed by atoms with Crippen LogP contribution in [0.4, 0.5) is 17.1 Å². The second kappa shape index (κ2) is 29.0. The fourth-order valence-electron chi connectivity index (χ4n) is 13.1. The third kappa shape index (κ3) is 13.4. The van der Waals surface area contributed by atoms with E-state index in [2.05, 4.69) is 446 Å². The molecular weight excluding hydrogens is 1460 g/mol. The summed E-state index contributed by atoms with van der Waals surface area (Å²) < 4.78 is 11.4. The fourth-order valence-corrected chi connectivity index (χ4v) is 14.2. The van der Waals surface area contributed by atoms with Crippen molar-refractivity contribution in [3.63, 3.8) is 0 Å². The number of anilines is 3. The van der Waals surface area contributed by atoms with E-state index in [9.17, 15) is 0 Å². The monoisotopic (exact) mass is 1510 g/mol. The highest BCUT2D eigenvalue weighted by Gasteiger charge is 2.17. The molecule has 0 spiro atoms. The number of hydrogen-bond acceptors (Lipinski definition) is 1. The van der Waals surface area contributed by atoms with Crippen LogP contribution in [0.1, 0.15) is 0 Å². The predicted octanol–water partition coefficient (Wildman–Crippen LogP) is 27.6. The van der Waals surface area contributed by atoms with E-state index in [1.54, 1.807) is 0 Å². The van der Waals surface area contributed by atoms with Crippen LogP contribution in [0.25, 0.3) is 116 Å². The lowest BCUT2D eigenvalue weighted by Crippen LogP contribution is -2.09. The van der Waals surface area contributed by atoms with Gasteiger partial charge in [-0.2, -0.15) is 0 Å². The van der Waals surface area contributed by atoms with E-state index in [0.717, 1.165) is 35.0 Å². The zero-order valence-corrected chi connectivity index (χ0v) is 59.4. The first-order chi connectivity index (χ1) is 48.3. The molecule has 0 unspecified atom stereocenters. The fraction of sp³-hybridized carbons (Fsp3) is 0. The van der Waals surface area contributed by atoms with Crippen molar-refractivity contribution in [2.75, 3.05) is 4.90 Å². The van der Waals surface area contributed by atoms with Gasteiger partial charge in [-0.05, 0) is 197 Å². The Morgan fingerprint density at radius 3 is 0.755 bits per heavy atom. The molecule has 0 N–H and O–H groups in total. The van der Waals surface area contributed by atoms with Crippen molar-refractivity contribution < 1.29 is 0 Å². The molecular formula is C90H62Br4N4. The number of hydrogen-bond donors (Lipinski definition) is 0. The molecule has 0 amide bonds. The number of para-hydroxylation sites is 8. The number of benzene rings is 15. The smallest absolute Gasteiger partial charge is 0.0541 e. The van der Waals surface area contributed by atoms with Crippen LogP contribution in [0.15, 0.2) is 394 Å². The molecule has 0 saturated heterocycles. The highest BCUT2D eigenvalue weighted by Crippen LogP contribution is 2.39. The van der Waals surface area contributed by atoms with Gasteiger partial charge in [0.1, 0.15) is 0 Å². The van der Waals surface area contributed by atoms with Crippen LogP contribution >= 0.6 is 63.7 Å². The maximum Gasteiger partial charge on any atom is 0.0541 e. The van der Waals surface area contributed by atoms with Crippen LogP contribution in [0.3, 0.4) is 0 Å². The number of rotatable bonds is 9. The first-order valence-electron chi connectivity index (χ1n) is 32.5. The summed E-state index contributed by atoms with van der Waals surface area (Å²) in [6.45, 7) is 0. The molecule has 3 aromatic heterocycles. The molecule has 18 rings (SSSR count). The Morgan fingerprint density at radius 1 is 0.173 bits per heavy atom. The molecule has 0 aliphatic rings. The van der Waals surface area contributed by atoms with Crippen molar-refractivity contribution in [1.29, 1.82) is 0 Å². The minimum Gasteiger partial charge on any atom is -0.311 e. The van der Waals surface area contributed by atoms with E-state index in [1.807, 2.05) is 12.1 Å². The standard InChI is InChI=1S/2C24H16BrN.C24H18BrN.C18H12BrN/c25-19-13-9-17(10-14-19)18-11-15-20(16-12-18)26-23-7-3-1-5-21(23)22-6-2-4-8-24(22)26;25-19-13-10-17(11-14-19)18-12-15-24-22(16-18)21-8-4-5-9-23(21)26(24)20-6-2-1-3-7-20;25-21-15-11-19(12-16-21)20-13-17-24(18-14-20)26(22-7-3-1-4-8-22)23-9-5-2-6-10-23;19-13-9-11-14(12-10-13)20-17-7-3-1-5-15(17)16-6-2-4-8-18(16)20/h2*1-16H;1-18H;1-12H. The van der Waals surface area contributed by atoms with Gasteiger partial charge in [0.2, 0.25) is 0 Å². The van der Waals surface area contributed by atoms with Gasteiger partial charge in [-0.3, -0.25) is 0 Å². The quantitative estimate of drug-likeness (QED) is 0.141. The molecule has 4 nitrogen and oxygen atoms in total. The minimum absolute atomic E-state index is 1.09. The first-order valence-corrected chi connectivity index (χ1v) is 35.6. The normalized spacial score (nSPS) is 11.1. The van der Waals surface area contributed by atoms with Crippen LogP contribution in [0.5, 0.6) is 0 Å². The summed E-state index contributed by atoms with van der Waals surface area (Å²) in [6, 6.07) is 132. The molecule has 0 aliphatic heterocycles. The van der Waals surface area contributed by atoms with E-state index in [-0.39, 0.29) is 0 Å². The number of fused-ring (bicyclic) bond motifs is 9. The Morgan fingerprint density at radius 2 is 0.398 bits per heavy atom. The topological polar surface area (TPSA) is 18.0 Å². The lowest BCUT2D eigenvalue weighted by atomic mass is 10.0. The van der Waals surface area contributed by atoms with Crippen molar-refractivity contribution >= 4 is 146 Å². The molecule has 470 valence electrons. The highest BCUT2D eigenvalue weighted by molar-refractivity contribution is 9.11. The van der Waals surface area contributed by atoms with Gasteiger partial charge >= 0.3 is 0 Å². The summed E-state index contributed by atoms with van der Waals surface area (Å²) in [5, 5.41) is 7.74. The number of halogens is 4. The number of aromatic nitrogens is 3. The van der Waals surface area contributed by atoms with Crippen LogP contribution in [0.2, 0.25) is 0 Å². The largest absolute Gasteiger partial charge is 0.311 e. The van der Waals surface area contributed by atoms with Gasteiger partial charge in [0.05, 0.1) is 33.1 Å². The van der Waals surface area contributed by atoms with Gasteiger partial charge in [-0.25, -0.2) is 0 Å². The Hall–Kier alpha value is -10.6. The van der Waals surface area contributed by atoms with Gasteiger partial charge in [0.15, 0.2) is 0 Å². The average Bonchev–Trinajstić information content (AvgIpc) is 1.61. The van der Waals surface area contributed by atoms with Crippen LogP contribution < -0.4 is 4.90 Å². The van der Waals surface area contributed by atoms with Crippen molar-refractivity contribution in [3.8, 4) is 50.4 Å². The third-order valence-electron chi connectivity index (χ3n) is 17.7. The lowest BCUT2D eigenvalue weighted by molar-refractivity contribution is 1.18. The molecule has 0 bridgehead atoms. The lowest BCUT2D eigenvalue weighted by Gasteiger charge is -2.25. The Labute approximate surface area is 604 Å². The van der Waals surface area contributed by atoms with Gasteiger partial charge in [0, 0.05) is 84.3 Å². The Bertz CT molecular complexity index is 5590. The molecule has 3 heterocycles. The number of nitrogens with zero attached hydrogens (tertiary/aromatic N) is 4. The van der Waals surface area contributed by atoms with Crippen LogP contribution in [-0.2, 0) is 0 Å². The summed E-state index contributed by atoms with van der Waals surface area (Å²) >= 11 is 14.0. The second-order valence-electron chi connectivity index (χ2n) is 23.8. The van der Waals surface area contributed by atoms with Gasteiger partial charge in [0.25, 0.3) is 0 Å². The summed E-state index contributed by atoms with van der Waals surface area (Å²) in [6.07, 6.45) is 0. The highest BCUT2D eigenvalue weighted by atomic mass is 79.9. The van der Waals surface area contributed by atoms with Crippen molar-refractivity contribution in [2.45, 2.75) is 0 Å². The van der Waals surface area contributed by atoms with Gasteiger partial charge in [-0.15, -0.1) is 0 Å². The van der Waals surface area contributed by atoms with E-state index >= 15 is 0 Å². The minimum atomic E-state index is 1.09. The van der Waals surface area contributed by atoms with Crippen LogP contribution in [0, 0.1) is 0 Å². The van der Waals surface area contributed by atoms with Crippen molar-refractivity contribution in [2.24, 2.45) is 0 Å². The molecule has 0 atom stereocenters. The molecule has 0 radical (unpaired) electrons. The summed E-state index contributed by atoms with van der Waals surface area (Å²) in [5.74, 6) is 0. The molecule has 98 heavy (non-hydrogen) atoms. The summed E-state index contributed by atoms with van der Waals surface area (Å²) in [4.78, 5) is 2.27. The van der Waals surface area contributed by atoms with E-state index in [4.69, 9.17) is 0 Å². The van der Waals surface area contributed by atoms with Crippen molar-refractivity contribution in [3.05, 3.63) is 394 Å². The van der Waals surface area contributed by atoms with Crippen molar-refractivity contribution in [1.82, 2.24) is 13.7 Å². The maximum atomic E-state index is 3.52. The van der Waals surface area contributed by atoms with Gasteiger partial charge in [-0.1, -0.05) is 276 Å². The molecule has 0 aliphatic carbocycles. The molecule has 0 fully saturated rings. The SMILES string of the molecule is Brc1ccc(-c2ccc(-n3c4ccccc4c4ccccc43)cc2)cc1.Brc1ccc(-c2ccc(N(c3ccccc3)c3ccccc3)cc2)cc1.Brc1ccc(-c2ccc3c(c2)c2ccccc2n3-c2ccccc2)cc1.Brc1ccc(-n2c3ccccc3c3ccccc32)cc1. The molecule has 15 aromatic carbocycles. The molecule has 8 heteroatoms. The zero-order chi connectivity index (χ0) is 66.3. The maximum absolute atomic E-state index is 3.52. The summed E-state index contributed by atoms with van der Waals surface area (Å²) in [5.41, 5.74) is 21.8. The third-order valence-corrected chi connectivity index (χ3v) is 19.9. The first kappa shape index (κ1) is 63.5. The average molecular weight is 1520 g/mol. The predicted molar refractivity (Wildman–Crippen MR) is 431 cm³/mol.